The maximum absolute atomic E-state index is 13.9. The molecule has 1 aromatic carbocycles. The van der Waals surface area contributed by atoms with Gasteiger partial charge in [0.1, 0.15) is 17.4 Å². The van der Waals surface area contributed by atoms with E-state index in [2.05, 4.69) is 21.6 Å². The Morgan fingerprint density at radius 1 is 1.37 bits per heavy atom. The summed E-state index contributed by atoms with van der Waals surface area (Å²) in [6, 6.07) is 0.0954. The van der Waals surface area contributed by atoms with Gasteiger partial charge < -0.3 is 15.2 Å². The predicted octanol–water partition coefficient (Wildman–Crippen LogP) is 3.45. The summed E-state index contributed by atoms with van der Waals surface area (Å²) in [5.41, 5.74) is -1.42. The van der Waals surface area contributed by atoms with Crippen LogP contribution in [-0.2, 0) is 6.61 Å². The molecule has 3 N–H and O–H groups in total. The number of hydrogen-bond donors (Lipinski definition) is 3. The molecule has 1 heterocycles. The minimum absolute atomic E-state index is 0.143. The zero-order chi connectivity index (χ0) is 20.1. The molecule has 0 atom stereocenters. The number of carboxylic acid groups (broad SMARTS) is 1. The van der Waals surface area contributed by atoms with Crippen molar-refractivity contribution < 1.29 is 32.6 Å². The zero-order valence-electron chi connectivity index (χ0n) is 13.9. The fourth-order valence-electron chi connectivity index (χ4n) is 1.98. The van der Waals surface area contributed by atoms with E-state index >= 15 is 0 Å². The topological polar surface area (TPSA) is 101 Å². The first-order valence-corrected chi connectivity index (χ1v) is 8.18. The lowest BCUT2D eigenvalue weighted by Crippen LogP contribution is -2.28. The van der Waals surface area contributed by atoms with Crippen LogP contribution < -0.4 is 15.4 Å². The SMILES string of the molecule is C=CCNC(=O)Nc1snc(OCc2c(F)cc(C)c(F)c2F)c1C(=O)O. The number of aromatic carboxylic acids is 1. The highest BCUT2D eigenvalue weighted by molar-refractivity contribution is 7.11. The number of amides is 2. The summed E-state index contributed by atoms with van der Waals surface area (Å²) < 4.78 is 50.1. The summed E-state index contributed by atoms with van der Waals surface area (Å²) >= 11 is 0.600. The van der Waals surface area contributed by atoms with Gasteiger partial charge >= 0.3 is 12.0 Å². The van der Waals surface area contributed by atoms with Crippen LogP contribution >= 0.6 is 11.5 Å². The Morgan fingerprint density at radius 2 is 2.07 bits per heavy atom. The molecule has 7 nitrogen and oxygen atoms in total. The Morgan fingerprint density at radius 3 is 2.70 bits per heavy atom. The molecule has 2 rings (SSSR count). The van der Waals surface area contributed by atoms with Crippen molar-refractivity contribution in [1.29, 1.82) is 0 Å². The monoisotopic (exact) mass is 401 g/mol. The molecule has 0 bridgehead atoms. The summed E-state index contributed by atoms with van der Waals surface area (Å²) in [5.74, 6) is -5.64. The van der Waals surface area contributed by atoms with Crippen LogP contribution in [0.2, 0.25) is 0 Å². The third-order valence-corrected chi connectivity index (χ3v) is 4.04. The van der Waals surface area contributed by atoms with Gasteiger partial charge in [-0.1, -0.05) is 6.08 Å². The van der Waals surface area contributed by atoms with Crippen LogP contribution in [0.25, 0.3) is 0 Å². The van der Waals surface area contributed by atoms with Gasteiger partial charge in [-0.15, -0.1) is 6.58 Å². The smallest absolute Gasteiger partial charge is 0.344 e. The first-order chi connectivity index (χ1) is 12.8. The Labute approximate surface area is 155 Å². The van der Waals surface area contributed by atoms with Crippen LogP contribution in [0.5, 0.6) is 5.88 Å². The van der Waals surface area contributed by atoms with Gasteiger partial charge in [0.15, 0.2) is 17.2 Å². The van der Waals surface area contributed by atoms with Crippen molar-refractivity contribution in [1.82, 2.24) is 9.69 Å². The Kier molecular flexibility index (Phi) is 6.40. The molecular formula is C16H14F3N3O4S. The van der Waals surface area contributed by atoms with E-state index in [4.69, 9.17) is 4.74 Å². The number of carboxylic acids is 1. The zero-order valence-corrected chi connectivity index (χ0v) is 14.8. The molecular weight excluding hydrogens is 387 g/mol. The number of carbonyl (C=O) groups excluding carboxylic acids is 1. The van der Waals surface area contributed by atoms with E-state index in [1.54, 1.807) is 0 Å². The Hall–Kier alpha value is -3.08. The highest BCUT2D eigenvalue weighted by atomic mass is 32.1. The summed E-state index contributed by atoms with van der Waals surface area (Å²) in [7, 11) is 0. The second-order valence-corrected chi connectivity index (χ2v) is 5.96. The molecule has 11 heteroatoms. The van der Waals surface area contributed by atoms with E-state index in [9.17, 15) is 27.9 Å². The predicted molar refractivity (Wildman–Crippen MR) is 91.7 cm³/mol. The second-order valence-electron chi connectivity index (χ2n) is 5.19. The second kappa shape index (κ2) is 8.54. The lowest BCUT2D eigenvalue weighted by atomic mass is 10.1. The first kappa shape index (κ1) is 20.2. The number of aromatic nitrogens is 1. The maximum Gasteiger partial charge on any atom is 0.344 e. The van der Waals surface area contributed by atoms with Crippen LogP contribution in [0, 0.1) is 24.4 Å². The number of halogens is 3. The number of ether oxygens (including phenoxy) is 1. The molecule has 0 saturated carbocycles. The molecule has 0 aliphatic carbocycles. The van der Waals surface area contributed by atoms with Crippen LogP contribution in [-0.4, -0.2) is 28.0 Å². The van der Waals surface area contributed by atoms with Crippen molar-refractivity contribution in [2.45, 2.75) is 13.5 Å². The van der Waals surface area contributed by atoms with Gasteiger partial charge in [0.2, 0.25) is 5.88 Å². The van der Waals surface area contributed by atoms with E-state index in [1.165, 1.54) is 13.0 Å². The van der Waals surface area contributed by atoms with Crippen molar-refractivity contribution >= 4 is 28.5 Å². The Balaban J connectivity index is 2.23. The number of nitrogens with zero attached hydrogens (tertiary/aromatic N) is 1. The van der Waals surface area contributed by atoms with E-state index in [-0.39, 0.29) is 17.1 Å². The molecule has 0 aliphatic rings. The number of hydrogen-bond acceptors (Lipinski definition) is 5. The van der Waals surface area contributed by atoms with Gasteiger partial charge in [-0.05, 0) is 30.1 Å². The van der Waals surface area contributed by atoms with E-state index in [1.807, 2.05) is 0 Å². The summed E-state index contributed by atoms with van der Waals surface area (Å²) in [6.07, 6.45) is 1.42. The molecule has 0 aliphatic heterocycles. The van der Waals surface area contributed by atoms with E-state index < -0.39 is 53.1 Å². The number of carbonyl (C=O) groups is 2. The fraction of sp³-hybridized carbons (Fsp3) is 0.188. The average Bonchev–Trinajstić information content (AvgIpc) is 3.00. The van der Waals surface area contributed by atoms with Crippen molar-refractivity contribution in [2.24, 2.45) is 0 Å². The number of benzene rings is 1. The van der Waals surface area contributed by atoms with Gasteiger partial charge in [0.05, 0.1) is 5.56 Å². The standard InChI is InChI=1S/C16H14F3N3O4S/c1-3-4-20-16(25)21-14-10(15(23)24)13(22-27-14)26-6-8-9(17)5-7(2)11(18)12(8)19/h3,5H,1,4,6H2,2H3,(H,23,24)(H2,20,21,25). The fourth-order valence-corrected chi connectivity index (χ4v) is 2.71. The van der Waals surface area contributed by atoms with Crippen LogP contribution in [0.4, 0.5) is 23.0 Å². The number of urea groups is 1. The van der Waals surface area contributed by atoms with Crippen LogP contribution in [0.1, 0.15) is 21.5 Å². The first-order valence-electron chi connectivity index (χ1n) is 7.40. The van der Waals surface area contributed by atoms with Crippen molar-refractivity contribution in [3.8, 4) is 5.88 Å². The highest BCUT2D eigenvalue weighted by Gasteiger charge is 2.25. The minimum atomic E-state index is -1.48. The largest absolute Gasteiger partial charge is 0.477 e. The lowest BCUT2D eigenvalue weighted by Gasteiger charge is -2.09. The molecule has 0 saturated heterocycles. The molecule has 0 unspecified atom stereocenters. The van der Waals surface area contributed by atoms with Crippen LogP contribution in [0.15, 0.2) is 18.7 Å². The van der Waals surface area contributed by atoms with Crippen LogP contribution in [0.3, 0.4) is 0 Å². The summed E-state index contributed by atoms with van der Waals surface area (Å²) in [5, 5.41) is 13.8. The molecule has 27 heavy (non-hydrogen) atoms. The number of anilines is 1. The van der Waals surface area contributed by atoms with Gasteiger partial charge in [0.25, 0.3) is 0 Å². The molecule has 0 fully saturated rings. The third kappa shape index (κ3) is 4.56. The molecule has 0 spiro atoms. The normalized spacial score (nSPS) is 10.4. The summed E-state index contributed by atoms with van der Waals surface area (Å²) in [6.45, 7) is 3.97. The number of aryl methyl sites for hydroxylation is 1. The Bertz CT molecular complexity index is 902. The lowest BCUT2D eigenvalue weighted by molar-refractivity contribution is 0.0693. The van der Waals surface area contributed by atoms with Gasteiger partial charge in [-0.3, -0.25) is 5.32 Å². The van der Waals surface area contributed by atoms with Crippen molar-refractivity contribution in [3.63, 3.8) is 0 Å². The molecule has 2 amide bonds. The van der Waals surface area contributed by atoms with Crippen molar-refractivity contribution in [3.05, 3.63) is 52.9 Å². The van der Waals surface area contributed by atoms with Gasteiger partial charge in [0, 0.05) is 6.54 Å². The third-order valence-electron chi connectivity index (χ3n) is 3.30. The highest BCUT2D eigenvalue weighted by Crippen LogP contribution is 2.31. The molecule has 1 aromatic heterocycles. The van der Waals surface area contributed by atoms with E-state index in [0.29, 0.717) is 11.5 Å². The minimum Gasteiger partial charge on any atom is -0.477 e. The summed E-state index contributed by atoms with van der Waals surface area (Å²) in [4.78, 5) is 23.1. The van der Waals surface area contributed by atoms with Crippen molar-refractivity contribution in [2.75, 3.05) is 11.9 Å². The number of nitrogens with one attached hydrogen (secondary N) is 2. The molecule has 0 radical (unpaired) electrons. The average molecular weight is 401 g/mol. The van der Waals surface area contributed by atoms with Gasteiger partial charge in [-0.25, -0.2) is 22.8 Å². The van der Waals surface area contributed by atoms with Gasteiger partial charge in [-0.2, -0.15) is 4.37 Å². The molecule has 2 aromatic rings. The maximum atomic E-state index is 13.9. The quantitative estimate of drug-likeness (QED) is 0.487. The molecule has 144 valence electrons. The number of rotatable bonds is 7. The van der Waals surface area contributed by atoms with E-state index in [0.717, 1.165) is 6.07 Å².